The number of benzene rings is 4. The fourth-order valence-electron chi connectivity index (χ4n) is 4.14. The lowest BCUT2D eigenvalue weighted by atomic mass is 9.52. The summed E-state index contributed by atoms with van der Waals surface area (Å²) in [5, 5.41) is 22.4. The third-order valence-electron chi connectivity index (χ3n) is 5.71. The Morgan fingerprint density at radius 1 is 0.594 bits per heavy atom. The van der Waals surface area contributed by atoms with Crippen molar-refractivity contribution in [2.24, 2.45) is 0 Å². The number of ether oxygens (including phenoxy) is 1. The second-order valence-corrected chi connectivity index (χ2v) is 7.72. The molecule has 0 saturated heterocycles. The molecule has 0 unspecified atom stereocenters. The van der Waals surface area contributed by atoms with Crippen LogP contribution < -0.4 is 21.9 Å². The maximum atomic E-state index is 11.2. The molecule has 0 bridgehead atoms. The lowest BCUT2D eigenvalue weighted by molar-refractivity contribution is 0.0925. The van der Waals surface area contributed by atoms with Crippen molar-refractivity contribution < 1.29 is 14.8 Å². The Hall–Kier alpha value is -3.11. The molecule has 0 heterocycles. The van der Waals surface area contributed by atoms with Crippen LogP contribution in [0.1, 0.15) is 24.2 Å². The van der Waals surface area contributed by atoms with Crippen LogP contribution in [0.15, 0.2) is 109 Å². The molecule has 0 saturated carbocycles. The first-order valence-corrected chi connectivity index (χ1v) is 11.0. The molecule has 0 aliphatic heterocycles. The first-order chi connectivity index (χ1) is 15.7. The summed E-state index contributed by atoms with van der Waals surface area (Å²) in [4.78, 5) is 0. The molecule has 0 spiro atoms. The summed E-state index contributed by atoms with van der Waals surface area (Å²) in [6, 6.07) is 34.9. The maximum Gasteiger partial charge on any atom is 0.359 e. The Morgan fingerprint density at radius 2 is 0.969 bits per heavy atom. The molecular formula is C27H26B2O3. The molecule has 5 heteroatoms. The van der Waals surface area contributed by atoms with Gasteiger partial charge in [0.25, 0.3) is 0 Å². The Labute approximate surface area is 190 Å². The first kappa shape index (κ1) is 22.1. The topological polar surface area (TPSA) is 49.7 Å². The molecule has 158 valence electrons. The van der Waals surface area contributed by atoms with E-state index in [9.17, 15) is 10.0 Å². The Bertz CT molecular complexity index is 1050. The smallest absolute Gasteiger partial charge is 0.359 e. The Kier molecular flexibility index (Phi) is 7.23. The van der Waals surface area contributed by atoms with E-state index in [2.05, 4.69) is 0 Å². The summed E-state index contributed by atoms with van der Waals surface area (Å²) in [5.41, 5.74) is 5.01. The number of rotatable bonds is 8. The van der Waals surface area contributed by atoms with Gasteiger partial charge in [-0.15, -0.1) is 0 Å². The van der Waals surface area contributed by atoms with Gasteiger partial charge in [0.1, 0.15) is 6.10 Å². The van der Waals surface area contributed by atoms with Gasteiger partial charge in [-0.05, 0) is 39.9 Å². The minimum Gasteiger partial charge on any atom is -0.443 e. The maximum absolute atomic E-state index is 11.2. The fraction of sp³-hybridized carbons (Fsp3) is 0.111. The van der Waals surface area contributed by atoms with E-state index in [1.54, 1.807) is 0 Å². The van der Waals surface area contributed by atoms with Crippen LogP contribution in [-0.4, -0.2) is 30.5 Å². The zero-order valence-electron chi connectivity index (χ0n) is 18.1. The molecular weight excluding hydrogens is 394 g/mol. The fourth-order valence-corrected chi connectivity index (χ4v) is 4.14. The lowest BCUT2D eigenvalue weighted by Crippen LogP contribution is -2.47. The van der Waals surface area contributed by atoms with E-state index in [0.29, 0.717) is 6.61 Å². The molecule has 0 aromatic heterocycles. The predicted molar refractivity (Wildman–Crippen MR) is 134 cm³/mol. The van der Waals surface area contributed by atoms with Crippen LogP contribution in [0.3, 0.4) is 0 Å². The summed E-state index contributed by atoms with van der Waals surface area (Å²) < 4.78 is 6.25. The summed E-state index contributed by atoms with van der Waals surface area (Å²) in [6.45, 7) is 0.901. The van der Waals surface area contributed by atoms with Crippen LogP contribution in [0.2, 0.25) is 0 Å². The van der Waals surface area contributed by atoms with E-state index in [4.69, 9.17) is 4.74 Å². The van der Waals surface area contributed by atoms with Crippen molar-refractivity contribution in [2.75, 3.05) is 6.61 Å². The summed E-state index contributed by atoms with van der Waals surface area (Å²) in [6.07, 6.45) is -0.427. The van der Waals surface area contributed by atoms with E-state index < -0.39 is 19.9 Å². The van der Waals surface area contributed by atoms with Gasteiger partial charge in [-0.2, -0.15) is 0 Å². The zero-order valence-corrected chi connectivity index (χ0v) is 18.1. The monoisotopic (exact) mass is 420 g/mol. The van der Waals surface area contributed by atoms with Crippen molar-refractivity contribution in [2.45, 2.75) is 13.0 Å². The molecule has 4 rings (SSSR count). The van der Waals surface area contributed by atoms with Crippen LogP contribution in [0.5, 0.6) is 0 Å². The van der Waals surface area contributed by atoms with Crippen LogP contribution in [0.25, 0.3) is 0 Å². The van der Waals surface area contributed by atoms with Crippen molar-refractivity contribution >= 4 is 35.7 Å². The third kappa shape index (κ3) is 4.71. The van der Waals surface area contributed by atoms with Gasteiger partial charge in [0.15, 0.2) is 0 Å². The Morgan fingerprint density at radius 3 is 1.38 bits per heavy atom. The molecule has 0 atom stereocenters. The largest absolute Gasteiger partial charge is 0.443 e. The molecule has 4 aromatic rings. The normalized spacial score (nSPS) is 10.9. The molecule has 0 radical (unpaired) electrons. The highest BCUT2D eigenvalue weighted by Gasteiger charge is 2.29. The zero-order chi connectivity index (χ0) is 22.3. The standard InChI is InChI=1S/C27H26B2O3/c1-2-32-27(23-17-9-11-19-25(23)28(30)21-13-5-3-6-14-21)24-18-10-12-20-26(24)29(31)22-15-7-4-8-16-22/h3-20,27,30-31H,2H2,1H3. The summed E-state index contributed by atoms with van der Waals surface area (Å²) in [5.74, 6) is 0. The van der Waals surface area contributed by atoms with E-state index in [-0.39, 0.29) is 0 Å². The predicted octanol–water partition coefficient (Wildman–Crippen LogP) is 2.01. The molecule has 0 fully saturated rings. The van der Waals surface area contributed by atoms with E-state index in [1.165, 1.54) is 0 Å². The SMILES string of the molecule is CCOC(c1ccccc1B(O)c1ccccc1)c1ccccc1B(O)c1ccccc1. The average Bonchev–Trinajstić information content (AvgIpc) is 2.87. The molecule has 3 nitrogen and oxygen atoms in total. The van der Waals surface area contributed by atoms with Crippen molar-refractivity contribution in [1.82, 2.24) is 0 Å². The minimum absolute atomic E-state index is 0.427. The van der Waals surface area contributed by atoms with Crippen molar-refractivity contribution in [3.05, 3.63) is 120 Å². The number of hydrogen-bond acceptors (Lipinski definition) is 3. The van der Waals surface area contributed by atoms with Gasteiger partial charge >= 0.3 is 13.8 Å². The highest BCUT2D eigenvalue weighted by molar-refractivity contribution is 6.80. The van der Waals surface area contributed by atoms with Crippen LogP contribution in [-0.2, 0) is 4.74 Å². The van der Waals surface area contributed by atoms with Crippen LogP contribution >= 0.6 is 0 Å². The van der Waals surface area contributed by atoms with Gasteiger partial charge in [0, 0.05) is 6.61 Å². The molecule has 32 heavy (non-hydrogen) atoms. The van der Waals surface area contributed by atoms with E-state index in [1.807, 2.05) is 116 Å². The van der Waals surface area contributed by atoms with Gasteiger partial charge in [-0.25, -0.2) is 0 Å². The highest BCUT2D eigenvalue weighted by Crippen LogP contribution is 2.24. The van der Waals surface area contributed by atoms with Crippen LogP contribution in [0.4, 0.5) is 0 Å². The number of hydrogen-bond donors (Lipinski definition) is 2. The highest BCUT2D eigenvalue weighted by atomic mass is 16.5. The van der Waals surface area contributed by atoms with Gasteiger partial charge in [-0.1, -0.05) is 109 Å². The van der Waals surface area contributed by atoms with Gasteiger partial charge in [-0.3, -0.25) is 0 Å². The minimum atomic E-state index is -0.776. The van der Waals surface area contributed by atoms with E-state index in [0.717, 1.165) is 33.0 Å². The quantitative estimate of drug-likeness (QED) is 0.429. The van der Waals surface area contributed by atoms with Crippen LogP contribution in [0, 0.1) is 0 Å². The van der Waals surface area contributed by atoms with Gasteiger partial charge < -0.3 is 14.8 Å². The second-order valence-electron chi connectivity index (χ2n) is 7.72. The molecule has 0 amide bonds. The van der Waals surface area contributed by atoms with Crippen molar-refractivity contribution in [1.29, 1.82) is 0 Å². The molecule has 4 aromatic carbocycles. The second kappa shape index (κ2) is 10.5. The van der Waals surface area contributed by atoms with Crippen molar-refractivity contribution in [3.63, 3.8) is 0 Å². The van der Waals surface area contributed by atoms with E-state index >= 15 is 0 Å². The third-order valence-corrected chi connectivity index (χ3v) is 5.71. The average molecular weight is 420 g/mol. The Balaban J connectivity index is 1.80. The summed E-state index contributed by atoms with van der Waals surface area (Å²) in [7, 11) is 0. The molecule has 0 aliphatic carbocycles. The van der Waals surface area contributed by atoms with Gasteiger partial charge in [0.2, 0.25) is 0 Å². The first-order valence-electron chi connectivity index (χ1n) is 11.0. The molecule has 2 N–H and O–H groups in total. The summed E-state index contributed by atoms with van der Waals surface area (Å²) >= 11 is 0. The van der Waals surface area contributed by atoms with Crippen molar-refractivity contribution in [3.8, 4) is 0 Å². The van der Waals surface area contributed by atoms with Gasteiger partial charge in [0.05, 0.1) is 0 Å². The molecule has 0 aliphatic rings. The lowest BCUT2D eigenvalue weighted by Gasteiger charge is -2.25.